The minimum atomic E-state index is 0.575. The van der Waals surface area contributed by atoms with Crippen LogP contribution in [0.2, 0.25) is 0 Å². The number of rotatable bonds is 1. The highest BCUT2D eigenvalue weighted by molar-refractivity contribution is 5.49. The standard InChI is InChI=1S/C11H9N3/c12-7-9-6-11(13)14(8-9)10-4-2-1-3-5-10/h1-6,8H,13H2. The molecule has 0 radical (unpaired) electrons. The minimum absolute atomic E-state index is 0.575. The Hall–Kier alpha value is -2.21. The lowest BCUT2D eigenvalue weighted by atomic mass is 10.3. The summed E-state index contributed by atoms with van der Waals surface area (Å²) in [6.07, 6.45) is 1.73. The van der Waals surface area contributed by atoms with Gasteiger partial charge in [-0.1, -0.05) is 18.2 Å². The highest BCUT2D eigenvalue weighted by Gasteiger charge is 2.02. The number of nitrogens with zero attached hydrogens (tertiary/aromatic N) is 2. The van der Waals surface area contributed by atoms with Crippen molar-refractivity contribution in [1.29, 1.82) is 5.26 Å². The zero-order valence-corrected chi connectivity index (χ0v) is 7.51. The third-order valence-electron chi connectivity index (χ3n) is 2.01. The highest BCUT2D eigenvalue weighted by Crippen LogP contribution is 2.16. The van der Waals surface area contributed by atoms with Gasteiger partial charge in [-0.25, -0.2) is 0 Å². The zero-order valence-electron chi connectivity index (χ0n) is 7.51. The van der Waals surface area contributed by atoms with E-state index in [0.29, 0.717) is 11.4 Å². The van der Waals surface area contributed by atoms with Crippen LogP contribution in [-0.4, -0.2) is 4.57 Å². The first-order valence-electron chi connectivity index (χ1n) is 4.24. The average Bonchev–Trinajstić information content (AvgIpc) is 2.61. The first kappa shape index (κ1) is 8.39. The summed E-state index contributed by atoms with van der Waals surface area (Å²) in [5, 5.41) is 8.70. The van der Waals surface area contributed by atoms with Crippen molar-refractivity contribution < 1.29 is 0 Å². The summed E-state index contributed by atoms with van der Waals surface area (Å²) in [6.45, 7) is 0. The lowest BCUT2D eigenvalue weighted by Gasteiger charge is -2.03. The molecule has 2 aromatic rings. The Morgan fingerprint density at radius 1 is 1.21 bits per heavy atom. The van der Waals surface area contributed by atoms with Gasteiger partial charge in [-0.15, -0.1) is 0 Å². The van der Waals surface area contributed by atoms with Gasteiger partial charge in [0.05, 0.1) is 5.56 Å². The van der Waals surface area contributed by atoms with Crippen LogP contribution in [0.15, 0.2) is 42.6 Å². The maximum Gasteiger partial charge on any atom is 0.109 e. The molecule has 0 amide bonds. The third-order valence-corrected chi connectivity index (χ3v) is 2.01. The first-order chi connectivity index (χ1) is 6.81. The van der Waals surface area contributed by atoms with E-state index >= 15 is 0 Å². The van der Waals surface area contributed by atoms with E-state index < -0.39 is 0 Å². The van der Waals surface area contributed by atoms with Crippen molar-refractivity contribution in [2.45, 2.75) is 0 Å². The van der Waals surface area contributed by atoms with E-state index in [9.17, 15) is 0 Å². The molecule has 0 unspecified atom stereocenters. The fraction of sp³-hybridized carbons (Fsp3) is 0. The maximum atomic E-state index is 8.70. The Morgan fingerprint density at radius 2 is 1.93 bits per heavy atom. The molecule has 68 valence electrons. The molecule has 0 fully saturated rings. The van der Waals surface area contributed by atoms with Gasteiger partial charge in [0, 0.05) is 11.9 Å². The molecule has 1 aromatic carbocycles. The largest absolute Gasteiger partial charge is 0.385 e. The second-order valence-corrected chi connectivity index (χ2v) is 2.97. The van der Waals surface area contributed by atoms with E-state index in [1.165, 1.54) is 0 Å². The molecule has 0 aliphatic carbocycles. The molecule has 0 bridgehead atoms. The van der Waals surface area contributed by atoms with Gasteiger partial charge in [0.1, 0.15) is 11.9 Å². The average molecular weight is 183 g/mol. The number of aromatic nitrogens is 1. The van der Waals surface area contributed by atoms with E-state index in [1.807, 2.05) is 30.3 Å². The molecule has 0 spiro atoms. The van der Waals surface area contributed by atoms with Gasteiger partial charge in [-0.05, 0) is 18.2 Å². The van der Waals surface area contributed by atoms with Gasteiger partial charge in [-0.3, -0.25) is 0 Å². The van der Waals surface area contributed by atoms with Crippen molar-refractivity contribution in [2.24, 2.45) is 0 Å². The van der Waals surface area contributed by atoms with Crippen LogP contribution in [0.5, 0.6) is 0 Å². The summed E-state index contributed by atoms with van der Waals surface area (Å²) in [7, 11) is 0. The van der Waals surface area contributed by atoms with Crippen LogP contribution < -0.4 is 5.73 Å². The quantitative estimate of drug-likeness (QED) is 0.734. The van der Waals surface area contributed by atoms with E-state index in [0.717, 1.165) is 5.69 Å². The second-order valence-electron chi connectivity index (χ2n) is 2.97. The van der Waals surface area contributed by atoms with Crippen LogP contribution in [0.1, 0.15) is 5.56 Å². The molecular weight excluding hydrogens is 174 g/mol. The topological polar surface area (TPSA) is 54.7 Å². The number of benzene rings is 1. The van der Waals surface area contributed by atoms with E-state index in [2.05, 4.69) is 6.07 Å². The molecule has 3 heteroatoms. The van der Waals surface area contributed by atoms with Crippen LogP contribution in [0.4, 0.5) is 5.82 Å². The lowest BCUT2D eigenvalue weighted by molar-refractivity contribution is 1.09. The molecule has 1 heterocycles. The summed E-state index contributed by atoms with van der Waals surface area (Å²) < 4.78 is 1.79. The molecule has 0 saturated carbocycles. The summed E-state index contributed by atoms with van der Waals surface area (Å²) in [5.41, 5.74) is 7.30. The summed E-state index contributed by atoms with van der Waals surface area (Å²) in [6, 6.07) is 13.4. The number of nitrogen functional groups attached to an aromatic ring is 1. The first-order valence-corrected chi connectivity index (χ1v) is 4.24. The Labute approximate surface area is 82.0 Å². The summed E-state index contributed by atoms with van der Waals surface area (Å²) >= 11 is 0. The van der Waals surface area contributed by atoms with E-state index in [4.69, 9.17) is 11.0 Å². The fourth-order valence-electron chi connectivity index (χ4n) is 1.35. The minimum Gasteiger partial charge on any atom is -0.385 e. The van der Waals surface area contributed by atoms with Gasteiger partial charge >= 0.3 is 0 Å². The molecule has 14 heavy (non-hydrogen) atoms. The molecule has 1 aromatic heterocycles. The molecule has 0 atom stereocenters. The van der Waals surface area contributed by atoms with Gasteiger partial charge in [-0.2, -0.15) is 5.26 Å². The summed E-state index contributed by atoms with van der Waals surface area (Å²) in [4.78, 5) is 0. The SMILES string of the molecule is N#Cc1cc(N)n(-c2ccccc2)c1. The molecule has 0 saturated heterocycles. The molecular formula is C11H9N3. The Balaban J connectivity index is 2.53. The second kappa shape index (κ2) is 3.27. The Bertz CT molecular complexity index is 477. The number of anilines is 1. The zero-order chi connectivity index (χ0) is 9.97. The van der Waals surface area contributed by atoms with Gasteiger partial charge in [0.25, 0.3) is 0 Å². The number of nitrogens with two attached hydrogens (primary N) is 1. The van der Waals surface area contributed by atoms with Crippen molar-refractivity contribution in [2.75, 3.05) is 5.73 Å². The van der Waals surface area contributed by atoms with Crippen LogP contribution in [-0.2, 0) is 0 Å². The van der Waals surface area contributed by atoms with Gasteiger partial charge < -0.3 is 10.3 Å². The van der Waals surface area contributed by atoms with E-state index in [1.54, 1.807) is 16.8 Å². The maximum absolute atomic E-state index is 8.70. The van der Waals surface area contributed by atoms with Crippen LogP contribution >= 0.6 is 0 Å². The fourth-order valence-corrected chi connectivity index (χ4v) is 1.35. The summed E-state index contributed by atoms with van der Waals surface area (Å²) in [5.74, 6) is 0.577. The smallest absolute Gasteiger partial charge is 0.109 e. The van der Waals surface area contributed by atoms with Crippen LogP contribution in [0.3, 0.4) is 0 Å². The van der Waals surface area contributed by atoms with Crippen molar-refractivity contribution in [3.8, 4) is 11.8 Å². The van der Waals surface area contributed by atoms with Crippen molar-refractivity contribution in [1.82, 2.24) is 4.57 Å². The Morgan fingerprint density at radius 3 is 2.50 bits per heavy atom. The predicted octanol–water partition coefficient (Wildman–Crippen LogP) is 1.93. The number of para-hydroxylation sites is 1. The predicted molar refractivity (Wildman–Crippen MR) is 54.9 cm³/mol. The van der Waals surface area contributed by atoms with Crippen LogP contribution in [0.25, 0.3) is 5.69 Å². The van der Waals surface area contributed by atoms with Gasteiger partial charge in [0.2, 0.25) is 0 Å². The number of hydrogen-bond acceptors (Lipinski definition) is 2. The van der Waals surface area contributed by atoms with Crippen molar-refractivity contribution in [3.05, 3.63) is 48.2 Å². The van der Waals surface area contributed by atoms with Gasteiger partial charge in [0.15, 0.2) is 0 Å². The number of nitriles is 1. The van der Waals surface area contributed by atoms with Crippen LogP contribution in [0, 0.1) is 11.3 Å². The number of hydrogen-bond donors (Lipinski definition) is 1. The molecule has 2 rings (SSSR count). The third kappa shape index (κ3) is 1.34. The van der Waals surface area contributed by atoms with Crippen molar-refractivity contribution in [3.63, 3.8) is 0 Å². The Kier molecular flexibility index (Phi) is 1.96. The molecule has 0 aliphatic rings. The van der Waals surface area contributed by atoms with E-state index in [-0.39, 0.29) is 0 Å². The molecule has 2 N–H and O–H groups in total. The monoisotopic (exact) mass is 183 g/mol. The normalized spacial score (nSPS) is 9.64. The molecule has 0 aliphatic heterocycles. The molecule has 3 nitrogen and oxygen atoms in total. The van der Waals surface area contributed by atoms with Crippen molar-refractivity contribution >= 4 is 5.82 Å². The lowest BCUT2D eigenvalue weighted by Crippen LogP contribution is -1.97. The highest BCUT2D eigenvalue weighted by atomic mass is 15.0.